The van der Waals surface area contributed by atoms with Crippen LogP contribution in [0.25, 0.3) is 0 Å². The Morgan fingerprint density at radius 1 is 1.24 bits per heavy atom. The highest BCUT2D eigenvalue weighted by molar-refractivity contribution is 5.79. The summed E-state index contributed by atoms with van der Waals surface area (Å²) in [6.45, 7) is 8.64. The Labute approximate surface area is 174 Å². The Morgan fingerprint density at radius 2 is 2.03 bits per heavy atom. The van der Waals surface area contributed by atoms with Crippen LogP contribution in [0, 0.1) is 5.92 Å². The first-order chi connectivity index (χ1) is 14.2. The summed E-state index contributed by atoms with van der Waals surface area (Å²) < 4.78 is 0. The molecule has 2 aromatic rings. The Balaban J connectivity index is 1.58. The van der Waals surface area contributed by atoms with E-state index in [1.165, 1.54) is 5.56 Å². The Kier molecular flexibility index (Phi) is 7.99. The van der Waals surface area contributed by atoms with E-state index in [9.17, 15) is 4.79 Å². The number of nitrogens with zero attached hydrogens (tertiary/aromatic N) is 4. The third-order valence-corrected chi connectivity index (χ3v) is 5.82. The zero-order valence-corrected chi connectivity index (χ0v) is 17.6. The molecule has 1 aliphatic heterocycles. The third-order valence-electron chi connectivity index (χ3n) is 5.82. The van der Waals surface area contributed by atoms with Gasteiger partial charge in [0.1, 0.15) is 5.82 Å². The van der Waals surface area contributed by atoms with Crippen molar-refractivity contribution in [1.29, 1.82) is 0 Å². The van der Waals surface area contributed by atoms with Gasteiger partial charge in [-0.15, -0.1) is 0 Å². The first-order valence-electron chi connectivity index (χ1n) is 10.8. The highest BCUT2D eigenvalue weighted by Crippen LogP contribution is 2.21. The van der Waals surface area contributed by atoms with E-state index in [0.29, 0.717) is 19.1 Å². The highest BCUT2D eigenvalue weighted by atomic mass is 16.1. The van der Waals surface area contributed by atoms with E-state index in [4.69, 9.17) is 0 Å². The second-order valence-corrected chi connectivity index (χ2v) is 7.66. The summed E-state index contributed by atoms with van der Waals surface area (Å²) in [5, 5.41) is 3.25. The minimum Gasteiger partial charge on any atom is -0.355 e. The van der Waals surface area contributed by atoms with E-state index < -0.39 is 0 Å². The predicted octanol–water partition coefficient (Wildman–Crippen LogP) is 2.76. The van der Waals surface area contributed by atoms with E-state index in [1.807, 2.05) is 6.07 Å². The molecule has 1 aromatic carbocycles. The molecule has 0 radical (unpaired) electrons. The van der Waals surface area contributed by atoms with Gasteiger partial charge in [0.15, 0.2) is 0 Å². The van der Waals surface area contributed by atoms with Crippen molar-refractivity contribution >= 4 is 11.7 Å². The molecule has 0 saturated carbocycles. The lowest BCUT2D eigenvalue weighted by Gasteiger charge is -2.34. The molecule has 156 valence electrons. The Morgan fingerprint density at radius 3 is 2.72 bits per heavy atom. The Bertz CT molecular complexity index is 735. The number of carbonyl (C=O) groups is 1. The number of anilines is 1. The maximum Gasteiger partial charge on any atom is 0.224 e. The van der Waals surface area contributed by atoms with Gasteiger partial charge in [0, 0.05) is 38.1 Å². The van der Waals surface area contributed by atoms with Gasteiger partial charge >= 0.3 is 0 Å². The number of benzene rings is 1. The number of rotatable bonds is 9. The van der Waals surface area contributed by atoms with Crippen molar-refractivity contribution in [2.24, 2.45) is 5.92 Å². The smallest absolute Gasteiger partial charge is 0.224 e. The summed E-state index contributed by atoms with van der Waals surface area (Å²) in [7, 11) is 0. The first-order valence-corrected chi connectivity index (χ1v) is 10.8. The number of hydrogen-bond acceptors (Lipinski definition) is 5. The van der Waals surface area contributed by atoms with Crippen molar-refractivity contribution in [3.8, 4) is 0 Å². The monoisotopic (exact) mass is 395 g/mol. The van der Waals surface area contributed by atoms with Crippen LogP contribution in [0.3, 0.4) is 0 Å². The lowest BCUT2D eigenvalue weighted by Crippen LogP contribution is -2.49. The summed E-state index contributed by atoms with van der Waals surface area (Å²) in [6, 6.07) is 10.8. The van der Waals surface area contributed by atoms with Crippen LogP contribution < -0.4 is 10.2 Å². The number of carbonyl (C=O) groups excluding carboxylic acids is 1. The lowest BCUT2D eigenvalue weighted by atomic mass is 9.96. The normalized spacial score (nSPS) is 17.9. The summed E-state index contributed by atoms with van der Waals surface area (Å²) in [5.41, 5.74) is 1.31. The standard InChI is InChI=1S/C23H33N5O/c1-3-27(4-2)21(15-19-9-6-5-7-10-19)16-26-23(29)20-11-8-14-28(18-20)22-17-24-12-13-25-22/h5-7,9-10,12-13,17,20-21H,3-4,8,11,14-16,18H2,1-2H3,(H,26,29). The zero-order valence-electron chi connectivity index (χ0n) is 17.6. The molecule has 2 heterocycles. The molecule has 6 heteroatoms. The highest BCUT2D eigenvalue weighted by Gasteiger charge is 2.27. The molecule has 0 spiro atoms. The van der Waals surface area contributed by atoms with Gasteiger partial charge in [-0.25, -0.2) is 4.98 Å². The fourth-order valence-electron chi connectivity index (χ4n) is 4.17. The molecule has 2 atom stereocenters. The maximum absolute atomic E-state index is 12.9. The average molecular weight is 396 g/mol. The van der Waals surface area contributed by atoms with Crippen LogP contribution in [0.4, 0.5) is 5.82 Å². The molecular weight excluding hydrogens is 362 g/mol. The zero-order chi connectivity index (χ0) is 20.5. The first kappa shape index (κ1) is 21.2. The van der Waals surface area contributed by atoms with Crippen molar-refractivity contribution in [3.63, 3.8) is 0 Å². The summed E-state index contributed by atoms with van der Waals surface area (Å²) in [6.07, 6.45) is 8.03. The molecule has 1 N–H and O–H groups in total. The van der Waals surface area contributed by atoms with Gasteiger partial charge in [-0.1, -0.05) is 44.2 Å². The number of aromatic nitrogens is 2. The SMILES string of the molecule is CCN(CC)C(CNC(=O)C1CCCN(c2cnccn2)C1)Cc1ccccc1. The van der Waals surface area contributed by atoms with Crippen molar-refractivity contribution in [1.82, 2.24) is 20.2 Å². The molecule has 0 aliphatic carbocycles. The van der Waals surface area contributed by atoms with Crippen LogP contribution in [-0.2, 0) is 11.2 Å². The van der Waals surface area contributed by atoms with Crippen LogP contribution in [0.15, 0.2) is 48.9 Å². The average Bonchev–Trinajstić information content (AvgIpc) is 2.79. The quantitative estimate of drug-likeness (QED) is 0.707. The van der Waals surface area contributed by atoms with Crippen LogP contribution in [-0.4, -0.2) is 59.5 Å². The second-order valence-electron chi connectivity index (χ2n) is 7.66. The molecule has 6 nitrogen and oxygen atoms in total. The van der Waals surface area contributed by atoms with Gasteiger partial charge in [0.25, 0.3) is 0 Å². The minimum absolute atomic E-state index is 0.000153. The maximum atomic E-state index is 12.9. The third kappa shape index (κ3) is 6.00. The van der Waals surface area contributed by atoms with Crippen molar-refractivity contribution in [2.45, 2.75) is 39.2 Å². The van der Waals surface area contributed by atoms with E-state index in [2.05, 4.69) is 63.2 Å². The molecule has 1 aliphatic rings. The van der Waals surface area contributed by atoms with Gasteiger partial charge in [0.05, 0.1) is 12.1 Å². The summed E-state index contributed by atoms with van der Waals surface area (Å²) >= 11 is 0. The van der Waals surface area contributed by atoms with Gasteiger partial charge < -0.3 is 10.2 Å². The van der Waals surface area contributed by atoms with Crippen molar-refractivity contribution in [2.75, 3.05) is 37.6 Å². The number of likely N-dealkylation sites (N-methyl/N-ethyl adjacent to an activating group) is 1. The van der Waals surface area contributed by atoms with E-state index in [0.717, 1.165) is 44.7 Å². The molecule has 2 unspecified atom stereocenters. The van der Waals surface area contributed by atoms with Gasteiger partial charge in [-0.2, -0.15) is 0 Å². The molecule has 1 aromatic heterocycles. The number of hydrogen-bond donors (Lipinski definition) is 1. The van der Waals surface area contributed by atoms with Crippen LogP contribution in [0.1, 0.15) is 32.3 Å². The Hall–Kier alpha value is -2.47. The molecule has 29 heavy (non-hydrogen) atoms. The van der Waals surface area contributed by atoms with E-state index in [-0.39, 0.29) is 11.8 Å². The molecule has 0 bridgehead atoms. The summed E-state index contributed by atoms with van der Waals surface area (Å²) in [4.78, 5) is 26.1. The molecule has 1 amide bonds. The topological polar surface area (TPSA) is 61.4 Å². The molecule has 3 rings (SSSR count). The van der Waals surface area contributed by atoms with Crippen LogP contribution >= 0.6 is 0 Å². The fraction of sp³-hybridized carbons (Fsp3) is 0.522. The summed E-state index contributed by atoms with van der Waals surface area (Å²) in [5.74, 6) is 1.01. The van der Waals surface area contributed by atoms with E-state index >= 15 is 0 Å². The van der Waals surface area contributed by atoms with E-state index in [1.54, 1.807) is 18.6 Å². The van der Waals surface area contributed by atoms with Gasteiger partial charge in [-0.05, 0) is 37.9 Å². The van der Waals surface area contributed by atoms with Crippen molar-refractivity contribution < 1.29 is 4.79 Å². The molecular formula is C23H33N5O. The number of nitrogens with one attached hydrogen (secondary N) is 1. The fourth-order valence-corrected chi connectivity index (χ4v) is 4.17. The van der Waals surface area contributed by atoms with Gasteiger partial charge in [0.2, 0.25) is 5.91 Å². The van der Waals surface area contributed by atoms with Crippen LogP contribution in [0.5, 0.6) is 0 Å². The molecule has 1 saturated heterocycles. The largest absolute Gasteiger partial charge is 0.355 e. The number of amides is 1. The molecule has 1 fully saturated rings. The van der Waals surface area contributed by atoms with Gasteiger partial charge in [-0.3, -0.25) is 14.7 Å². The minimum atomic E-state index is -0.000153. The van der Waals surface area contributed by atoms with Crippen molar-refractivity contribution in [3.05, 3.63) is 54.5 Å². The lowest BCUT2D eigenvalue weighted by molar-refractivity contribution is -0.125. The number of piperidine rings is 1. The van der Waals surface area contributed by atoms with Crippen LogP contribution in [0.2, 0.25) is 0 Å². The second kappa shape index (κ2) is 10.9. The predicted molar refractivity (Wildman–Crippen MR) is 117 cm³/mol.